The highest BCUT2D eigenvalue weighted by atomic mass is 79.9. The van der Waals surface area contributed by atoms with E-state index in [1.54, 1.807) is 0 Å². The second-order valence-electron chi connectivity index (χ2n) is 4.26. The highest BCUT2D eigenvalue weighted by molar-refractivity contribution is 9.10. The molecule has 108 valence electrons. The van der Waals surface area contributed by atoms with Crippen molar-refractivity contribution in [3.8, 4) is 0 Å². The molecule has 0 aliphatic heterocycles. The monoisotopic (exact) mass is 350 g/mol. The molecule has 0 spiro atoms. The fourth-order valence-electron chi connectivity index (χ4n) is 1.77. The van der Waals surface area contributed by atoms with Crippen molar-refractivity contribution in [1.29, 1.82) is 0 Å². The standard InChI is InChI=1S/C13H11BrF4N2/c1-2-3-19-10-6-12(13(16,17)18)20-11-5-9(15)8(14)4-7(10)11/h4-6H,2-3H2,1H3,(H,19,20). The van der Waals surface area contributed by atoms with Gasteiger partial charge in [-0.1, -0.05) is 6.92 Å². The fourth-order valence-corrected chi connectivity index (χ4v) is 2.12. The normalized spacial score (nSPS) is 11.9. The van der Waals surface area contributed by atoms with Crippen molar-refractivity contribution < 1.29 is 17.6 Å². The average Bonchev–Trinajstić information content (AvgIpc) is 2.36. The van der Waals surface area contributed by atoms with Crippen LogP contribution in [0.2, 0.25) is 0 Å². The summed E-state index contributed by atoms with van der Waals surface area (Å²) in [5.74, 6) is -0.647. The number of fused-ring (bicyclic) bond motifs is 1. The zero-order chi connectivity index (χ0) is 14.9. The Morgan fingerprint density at radius 2 is 1.95 bits per heavy atom. The third kappa shape index (κ3) is 3.03. The van der Waals surface area contributed by atoms with E-state index in [1.807, 2.05) is 6.92 Å². The van der Waals surface area contributed by atoms with Gasteiger partial charge in [0, 0.05) is 23.7 Å². The Bertz CT molecular complexity index is 640. The fraction of sp³-hybridized carbons (Fsp3) is 0.308. The second-order valence-corrected chi connectivity index (χ2v) is 5.12. The van der Waals surface area contributed by atoms with Crippen molar-refractivity contribution in [2.75, 3.05) is 11.9 Å². The molecule has 0 aliphatic rings. The van der Waals surface area contributed by atoms with Gasteiger partial charge in [-0.15, -0.1) is 0 Å². The summed E-state index contributed by atoms with van der Waals surface area (Å²) in [4.78, 5) is 3.49. The van der Waals surface area contributed by atoms with Crippen LogP contribution in [0.1, 0.15) is 19.0 Å². The molecule has 20 heavy (non-hydrogen) atoms. The van der Waals surface area contributed by atoms with Crippen LogP contribution in [0.5, 0.6) is 0 Å². The predicted molar refractivity (Wildman–Crippen MR) is 73.2 cm³/mol. The maximum absolute atomic E-state index is 13.5. The number of anilines is 1. The Morgan fingerprint density at radius 1 is 1.25 bits per heavy atom. The summed E-state index contributed by atoms with van der Waals surface area (Å²) in [5.41, 5.74) is -0.769. The minimum Gasteiger partial charge on any atom is -0.384 e. The lowest BCUT2D eigenvalue weighted by molar-refractivity contribution is -0.140. The van der Waals surface area contributed by atoms with Crippen LogP contribution in [-0.2, 0) is 6.18 Å². The molecule has 7 heteroatoms. The number of pyridine rings is 1. The van der Waals surface area contributed by atoms with E-state index in [0.717, 1.165) is 18.6 Å². The third-order valence-corrected chi connectivity index (χ3v) is 3.31. The Morgan fingerprint density at radius 3 is 2.55 bits per heavy atom. The number of nitrogens with one attached hydrogen (secondary N) is 1. The molecule has 0 unspecified atom stereocenters. The number of benzene rings is 1. The molecule has 0 atom stereocenters. The molecule has 2 nitrogen and oxygen atoms in total. The molecule has 0 radical (unpaired) electrons. The highest BCUT2D eigenvalue weighted by Crippen LogP contribution is 2.34. The van der Waals surface area contributed by atoms with E-state index in [-0.39, 0.29) is 9.99 Å². The van der Waals surface area contributed by atoms with Crippen LogP contribution in [0.3, 0.4) is 0 Å². The first-order valence-corrected chi connectivity index (χ1v) is 6.73. The predicted octanol–water partition coefficient (Wildman–Crippen LogP) is 4.98. The summed E-state index contributed by atoms with van der Waals surface area (Å²) >= 11 is 3.02. The maximum atomic E-state index is 13.5. The van der Waals surface area contributed by atoms with E-state index in [4.69, 9.17) is 0 Å². The maximum Gasteiger partial charge on any atom is 0.433 e. The quantitative estimate of drug-likeness (QED) is 0.790. The number of rotatable bonds is 3. The zero-order valence-electron chi connectivity index (χ0n) is 10.5. The van der Waals surface area contributed by atoms with Crippen LogP contribution >= 0.6 is 15.9 Å². The molecule has 2 aromatic rings. The molecule has 1 aromatic heterocycles. The summed E-state index contributed by atoms with van der Waals surface area (Å²) < 4.78 is 52.1. The van der Waals surface area contributed by atoms with Crippen molar-refractivity contribution in [1.82, 2.24) is 4.98 Å². The van der Waals surface area contributed by atoms with E-state index in [9.17, 15) is 17.6 Å². The number of halogens is 5. The summed E-state index contributed by atoms with van der Waals surface area (Å²) in [7, 11) is 0. The van der Waals surface area contributed by atoms with Gasteiger partial charge in [0.25, 0.3) is 0 Å². The molecule has 0 saturated heterocycles. The van der Waals surface area contributed by atoms with Gasteiger partial charge in [0.05, 0.1) is 9.99 Å². The average molecular weight is 351 g/mol. The number of hydrogen-bond donors (Lipinski definition) is 1. The van der Waals surface area contributed by atoms with Crippen molar-refractivity contribution in [3.05, 3.63) is 34.2 Å². The lowest BCUT2D eigenvalue weighted by Crippen LogP contribution is -2.10. The summed E-state index contributed by atoms with van der Waals surface area (Å²) in [6.07, 6.45) is -3.81. The number of alkyl halides is 3. The molecule has 0 fully saturated rings. The first-order valence-electron chi connectivity index (χ1n) is 5.93. The molecule has 0 aliphatic carbocycles. The van der Waals surface area contributed by atoms with Crippen LogP contribution < -0.4 is 5.32 Å². The van der Waals surface area contributed by atoms with Gasteiger partial charge in [-0.2, -0.15) is 13.2 Å². The minimum atomic E-state index is -4.57. The summed E-state index contributed by atoms with van der Waals surface area (Å²) in [6, 6.07) is 3.37. The van der Waals surface area contributed by atoms with Gasteiger partial charge in [0.1, 0.15) is 11.5 Å². The minimum absolute atomic E-state index is 0.0286. The molecule has 1 aromatic carbocycles. The Balaban J connectivity index is 2.68. The number of nitrogens with zero attached hydrogens (tertiary/aromatic N) is 1. The van der Waals surface area contributed by atoms with Crippen LogP contribution in [0, 0.1) is 5.82 Å². The third-order valence-electron chi connectivity index (χ3n) is 2.71. The SMILES string of the molecule is CCCNc1cc(C(F)(F)F)nc2cc(F)c(Br)cc12. The van der Waals surface area contributed by atoms with E-state index >= 15 is 0 Å². The molecule has 1 heterocycles. The van der Waals surface area contributed by atoms with E-state index in [1.165, 1.54) is 6.07 Å². The topological polar surface area (TPSA) is 24.9 Å². The van der Waals surface area contributed by atoms with E-state index in [2.05, 4.69) is 26.2 Å². The summed E-state index contributed by atoms with van der Waals surface area (Å²) in [5, 5.41) is 3.36. The van der Waals surface area contributed by atoms with E-state index < -0.39 is 17.7 Å². The Labute approximate surface area is 121 Å². The molecule has 0 amide bonds. The molecular formula is C13H11BrF4N2. The number of aromatic nitrogens is 1. The molecular weight excluding hydrogens is 340 g/mol. The van der Waals surface area contributed by atoms with Gasteiger partial charge < -0.3 is 5.32 Å². The second kappa shape index (κ2) is 5.55. The van der Waals surface area contributed by atoms with Gasteiger partial charge in [-0.3, -0.25) is 0 Å². The van der Waals surface area contributed by atoms with Crippen molar-refractivity contribution in [2.45, 2.75) is 19.5 Å². The lowest BCUT2D eigenvalue weighted by Gasteiger charge is -2.13. The molecule has 2 rings (SSSR count). The van der Waals surface area contributed by atoms with Gasteiger partial charge in [0.15, 0.2) is 0 Å². The van der Waals surface area contributed by atoms with E-state index in [0.29, 0.717) is 17.6 Å². The van der Waals surface area contributed by atoms with Gasteiger partial charge in [-0.05, 0) is 34.5 Å². The molecule has 0 saturated carbocycles. The summed E-state index contributed by atoms with van der Waals surface area (Å²) in [6.45, 7) is 2.42. The first kappa shape index (κ1) is 15.0. The molecule has 1 N–H and O–H groups in total. The Kier molecular flexibility index (Phi) is 4.17. The Hall–Kier alpha value is -1.37. The smallest absolute Gasteiger partial charge is 0.384 e. The largest absolute Gasteiger partial charge is 0.433 e. The zero-order valence-corrected chi connectivity index (χ0v) is 12.1. The van der Waals surface area contributed by atoms with Crippen LogP contribution in [0.25, 0.3) is 10.9 Å². The highest BCUT2D eigenvalue weighted by Gasteiger charge is 2.33. The number of hydrogen-bond acceptors (Lipinski definition) is 2. The first-order chi connectivity index (χ1) is 9.32. The lowest BCUT2D eigenvalue weighted by atomic mass is 10.1. The van der Waals surface area contributed by atoms with Crippen molar-refractivity contribution >= 4 is 32.5 Å². The van der Waals surface area contributed by atoms with Crippen molar-refractivity contribution in [2.24, 2.45) is 0 Å². The van der Waals surface area contributed by atoms with Crippen LogP contribution in [0.15, 0.2) is 22.7 Å². The van der Waals surface area contributed by atoms with Crippen LogP contribution in [0.4, 0.5) is 23.2 Å². The van der Waals surface area contributed by atoms with Gasteiger partial charge in [-0.25, -0.2) is 9.37 Å². The van der Waals surface area contributed by atoms with Gasteiger partial charge in [0.2, 0.25) is 0 Å². The van der Waals surface area contributed by atoms with Crippen molar-refractivity contribution in [3.63, 3.8) is 0 Å². The molecule has 0 bridgehead atoms. The van der Waals surface area contributed by atoms with Gasteiger partial charge >= 0.3 is 6.18 Å². The van der Waals surface area contributed by atoms with Crippen LogP contribution in [-0.4, -0.2) is 11.5 Å².